The Labute approximate surface area is 115 Å². The Morgan fingerprint density at radius 3 is 3.00 bits per heavy atom. The number of hydrogen-bond acceptors (Lipinski definition) is 5. The summed E-state index contributed by atoms with van der Waals surface area (Å²) in [5.41, 5.74) is 0.307. The summed E-state index contributed by atoms with van der Waals surface area (Å²) in [7, 11) is 0. The van der Waals surface area contributed by atoms with Gasteiger partial charge in [0.05, 0.1) is 5.41 Å². The normalized spacial score (nSPS) is 22.9. The first-order valence-electron chi connectivity index (χ1n) is 6.62. The lowest BCUT2D eigenvalue weighted by molar-refractivity contribution is 0.245. The number of phenolic OH excluding ortho intramolecular Hbond substituents is 1. The second-order valence-corrected chi connectivity index (χ2v) is 5.43. The van der Waals surface area contributed by atoms with Crippen LogP contribution in [-0.2, 0) is 5.41 Å². The summed E-state index contributed by atoms with van der Waals surface area (Å²) in [6.07, 6.45) is 2.04. The van der Waals surface area contributed by atoms with E-state index in [2.05, 4.69) is 22.4 Å². The molecule has 20 heavy (non-hydrogen) atoms. The minimum atomic E-state index is -0.695. The summed E-state index contributed by atoms with van der Waals surface area (Å²) < 4.78 is 18.7. The maximum Gasteiger partial charge on any atom is 0.234 e. The van der Waals surface area contributed by atoms with Crippen molar-refractivity contribution in [1.29, 1.82) is 0 Å². The fourth-order valence-corrected chi connectivity index (χ4v) is 2.47. The summed E-state index contributed by atoms with van der Waals surface area (Å²) in [6, 6.07) is 4.05. The van der Waals surface area contributed by atoms with Gasteiger partial charge in [-0.05, 0) is 44.5 Å². The Hall–Kier alpha value is -1.95. The molecule has 106 valence electrons. The topological polar surface area (TPSA) is 71.2 Å². The van der Waals surface area contributed by atoms with Crippen molar-refractivity contribution in [2.45, 2.75) is 25.2 Å². The number of hydrogen-bond donors (Lipinski definition) is 2. The van der Waals surface area contributed by atoms with Crippen molar-refractivity contribution in [1.82, 2.24) is 15.5 Å². The van der Waals surface area contributed by atoms with Gasteiger partial charge in [0.2, 0.25) is 11.7 Å². The van der Waals surface area contributed by atoms with Crippen LogP contribution in [-0.4, -0.2) is 28.3 Å². The zero-order chi connectivity index (χ0) is 14.2. The summed E-state index contributed by atoms with van der Waals surface area (Å²) >= 11 is 0. The molecule has 1 fully saturated rings. The lowest BCUT2D eigenvalue weighted by atomic mass is 9.83. The quantitative estimate of drug-likeness (QED) is 0.880. The third-order valence-electron chi connectivity index (χ3n) is 3.75. The molecule has 1 aromatic carbocycles. The van der Waals surface area contributed by atoms with Gasteiger partial charge in [-0.2, -0.15) is 4.98 Å². The molecule has 0 bridgehead atoms. The Bertz CT molecular complexity index is 621. The highest BCUT2D eigenvalue weighted by Crippen LogP contribution is 2.31. The molecule has 2 N–H and O–H groups in total. The number of aromatic nitrogens is 2. The molecule has 0 amide bonds. The molecule has 0 spiro atoms. The maximum atomic E-state index is 13.4. The van der Waals surface area contributed by atoms with Gasteiger partial charge in [0.15, 0.2) is 11.6 Å². The Morgan fingerprint density at radius 1 is 1.45 bits per heavy atom. The Balaban J connectivity index is 1.91. The third-order valence-corrected chi connectivity index (χ3v) is 3.75. The summed E-state index contributed by atoms with van der Waals surface area (Å²) in [5, 5.41) is 16.4. The van der Waals surface area contributed by atoms with E-state index in [1.807, 2.05) is 0 Å². The van der Waals surface area contributed by atoms with Crippen LogP contribution in [0.15, 0.2) is 22.7 Å². The molecule has 1 atom stereocenters. The molecular weight excluding hydrogens is 261 g/mol. The number of nitrogens with one attached hydrogen (secondary N) is 1. The molecule has 2 aromatic rings. The van der Waals surface area contributed by atoms with E-state index in [0.29, 0.717) is 17.3 Å². The largest absolute Gasteiger partial charge is 0.505 e. The summed E-state index contributed by atoms with van der Waals surface area (Å²) in [6.45, 7) is 3.87. The molecule has 0 radical (unpaired) electrons. The molecule has 1 aliphatic rings. The lowest BCUT2D eigenvalue weighted by Gasteiger charge is -2.30. The molecule has 6 heteroatoms. The van der Waals surface area contributed by atoms with E-state index >= 15 is 0 Å². The average Bonchev–Trinajstić information content (AvgIpc) is 2.93. The maximum absolute atomic E-state index is 13.4. The first-order chi connectivity index (χ1) is 9.58. The van der Waals surface area contributed by atoms with E-state index in [0.717, 1.165) is 25.9 Å². The van der Waals surface area contributed by atoms with Crippen LogP contribution < -0.4 is 5.32 Å². The first kappa shape index (κ1) is 13.1. The van der Waals surface area contributed by atoms with Crippen LogP contribution >= 0.6 is 0 Å². The van der Waals surface area contributed by atoms with E-state index in [9.17, 15) is 9.50 Å². The highest BCUT2D eigenvalue weighted by atomic mass is 19.1. The highest BCUT2D eigenvalue weighted by Gasteiger charge is 2.34. The van der Waals surface area contributed by atoms with Crippen molar-refractivity contribution < 1.29 is 14.0 Å². The van der Waals surface area contributed by atoms with Crippen LogP contribution in [0.1, 0.15) is 25.7 Å². The second kappa shape index (κ2) is 4.86. The zero-order valence-electron chi connectivity index (χ0n) is 11.2. The van der Waals surface area contributed by atoms with E-state index in [1.165, 1.54) is 12.1 Å². The van der Waals surface area contributed by atoms with Gasteiger partial charge in [0.25, 0.3) is 0 Å². The average molecular weight is 277 g/mol. The van der Waals surface area contributed by atoms with Gasteiger partial charge in [0, 0.05) is 12.1 Å². The standard InChI is InChI=1S/C14H16FN3O2/c1-14(5-2-6-16-8-14)13-17-12(18-20-13)9-3-4-11(19)10(15)7-9/h3-4,7,16,19H,2,5-6,8H2,1H3. The predicted octanol–water partition coefficient (Wildman–Crippen LogP) is 2.22. The minimum absolute atomic E-state index is 0.182. The molecule has 1 aliphatic heterocycles. The molecule has 1 unspecified atom stereocenters. The van der Waals surface area contributed by atoms with Crippen molar-refractivity contribution in [2.75, 3.05) is 13.1 Å². The van der Waals surface area contributed by atoms with Crippen LogP contribution in [0.4, 0.5) is 4.39 Å². The van der Waals surface area contributed by atoms with Crippen molar-refractivity contribution >= 4 is 0 Å². The summed E-state index contributed by atoms with van der Waals surface area (Å²) in [5.74, 6) is -0.181. The molecule has 0 aliphatic carbocycles. The number of piperidine rings is 1. The van der Waals surface area contributed by atoms with Crippen LogP contribution in [0.2, 0.25) is 0 Å². The van der Waals surface area contributed by atoms with Gasteiger partial charge in [-0.25, -0.2) is 4.39 Å². The zero-order valence-corrected chi connectivity index (χ0v) is 11.2. The van der Waals surface area contributed by atoms with E-state index < -0.39 is 5.82 Å². The predicted molar refractivity (Wildman–Crippen MR) is 70.8 cm³/mol. The second-order valence-electron chi connectivity index (χ2n) is 5.43. The highest BCUT2D eigenvalue weighted by molar-refractivity contribution is 5.56. The monoisotopic (exact) mass is 277 g/mol. The first-order valence-corrected chi connectivity index (χ1v) is 6.62. The van der Waals surface area contributed by atoms with Crippen LogP contribution in [0.3, 0.4) is 0 Å². The van der Waals surface area contributed by atoms with Crippen molar-refractivity contribution in [3.8, 4) is 17.1 Å². The molecule has 2 heterocycles. The fraction of sp³-hybridized carbons (Fsp3) is 0.429. The van der Waals surface area contributed by atoms with Gasteiger partial charge in [-0.1, -0.05) is 5.16 Å². The van der Waals surface area contributed by atoms with Crippen molar-refractivity contribution in [2.24, 2.45) is 0 Å². The van der Waals surface area contributed by atoms with Gasteiger partial charge >= 0.3 is 0 Å². The van der Waals surface area contributed by atoms with Gasteiger partial charge in [-0.3, -0.25) is 0 Å². The Morgan fingerprint density at radius 2 is 2.30 bits per heavy atom. The SMILES string of the molecule is CC1(c2nc(-c3ccc(O)c(F)c3)no2)CCCNC1. The minimum Gasteiger partial charge on any atom is -0.505 e. The molecule has 1 saturated heterocycles. The van der Waals surface area contributed by atoms with Crippen LogP contribution in [0, 0.1) is 5.82 Å². The Kier molecular flexibility index (Phi) is 3.17. The molecule has 1 aromatic heterocycles. The third kappa shape index (κ3) is 2.27. The van der Waals surface area contributed by atoms with E-state index in [1.54, 1.807) is 6.07 Å². The van der Waals surface area contributed by atoms with Gasteiger partial charge < -0.3 is 14.9 Å². The van der Waals surface area contributed by atoms with Crippen molar-refractivity contribution in [3.63, 3.8) is 0 Å². The number of benzene rings is 1. The van der Waals surface area contributed by atoms with Crippen molar-refractivity contribution in [3.05, 3.63) is 29.9 Å². The van der Waals surface area contributed by atoms with E-state index in [-0.39, 0.29) is 11.2 Å². The van der Waals surface area contributed by atoms with Gasteiger partial charge in [0.1, 0.15) is 0 Å². The molecule has 0 saturated carbocycles. The molecule has 3 rings (SSSR count). The number of aromatic hydroxyl groups is 1. The lowest BCUT2D eigenvalue weighted by Crippen LogP contribution is -2.41. The summed E-state index contributed by atoms with van der Waals surface area (Å²) in [4.78, 5) is 4.38. The van der Waals surface area contributed by atoms with Crippen LogP contribution in [0.25, 0.3) is 11.4 Å². The van der Waals surface area contributed by atoms with Crippen LogP contribution in [0.5, 0.6) is 5.75 Å². The van der Waals surface area contributed by atoms with Gasteiger partial charge in [-0.15, -0.1) is 0 Å². The number of phenols is 1. The number of nitrogens with zero attached hydrogens (tertiary/aromatic N) is 2. The fourth-order valence-electron chi connectivity index (χ4n) is 2.47. The molecular formula is C14H16FN3O2. The smallest absolute Gasteiger partial charge is 0.234 e. The van der Waals surface area contributed by atoms with E-state index in [4.69, 9.17) is 4.52 Å². The molecule has 5 nitrogen and oxygen atoms in total. The number of halogens is 1. The number of rotatable bonds is 2.